The van der Waals surface area contributed by atoms with Crippen LogP contribution in [0.2, 0.25) is 0 Å². The summed E-state index contributed by atoms with van der Waals surface area (Å²) in [5, 5.41) is 5.76. The van der Waals surface area contributed by atoms with Crippen LogP contribution < -0.4 is 21.1 Å². The molecule has 15 nitrogen and oxygen atoms in total. The van der Waals surface area contributed by atoms with E-state index in [4.69, 9.17) is 5.73 Å². The zero-order valence-electron chi connectivity index (χ0n) is 32.3. The molecule has 0 spiro atoms. The molecule has 2 aliphatic rings. The minimum Gasteiger partial charge on any atom is -0.435 e. The Labute approximate surface area is 349 Å². The minimum atomic E-state index is -4.21. The number of nitrogens with two attached hydrogens (primary N) is 1. The Hall–Kier alpha value is -7.12. The lowest BCUT2D eigenvalue weighted by Gasteiger charge is -2.16. The van der Waals surface area contributed by atoms with Gasteiger partial charge in [-0.3, -0.25) is 9.59 Å². The first-order chi connectivity index (χ1) is 29.3. The highest BCUT2D eigenvalue weighted by atomic mass is 32.2. The van der Waals surface area contributed by atoms with Crippen molar-refractivity contribution in [3.8, 4) is 5.75 Å². The highest BCUT2D eigenvalue weighted by molar-refractivity contribution is 8.00. The molecule has 0 atom stereocenters. The number of aromatic nitrogens is 3. The van der Waals surface area contributed by atoms with Crippen LogP contribution in [0.4, 0.5) is 26.2 Å². The van der Waals surface area contributed by atoms with E-state index in [1.165, 1.54) is 36.5 Å². The third kappa shape index (κ3) is 8.92. The number of nitrogens with one attached hydrogen (secondary N) is 3. The summed E-state index contributed by atoms with van der Waals surface area (Å²) >= 11 is 0. The lowest BCUT2D eigenvalue weighted by atomic mass is 10.1. The van der Waals surface area contributed by atoms with Gasteiger partial charge in [0, 0.05) is 18.4 Å². The average Bonchev–Trinajstić information content (AvgIpc) is 3.80. The van der Waals surface area contributed by atoms with E-state index >= 15 is 0 Å². The topological polar surface area (TPSA) is 210 Å². The Bertz CT molecular complexity index is 2830. The number of sulfonamides is 2. The Morgan fingerprint density at radius 2 is 1.31 bits per heavy atom. The predicted octanol–water partition coefficient (Wildman–Crippen LogP) is 6.73. The number of ether oxygens (including phenoxy) is 1. The molecule has 6 aromatic rings. The van der Waals surface area contributed by atoms with E-state index < -0.39 is 38.5 Å². The molecule has 0 saturated heterocycles. The summed E-state index contributed by atoms with van der Waals surface area (Å²) in [6, 6.07) is 32.7. The summed E-state index contributed by atoms with van der Waals surface area (Å²) in [5.74, 6) is -0.813. The average molecular weight is 869 g/mol. The molecule has 19 heteroatoms. The van der Waals surface area contributed by atoms with Crippen LogP contribution in [0.15, 0.2) is 139 Å². The number of carbonyl (C=O) groups excluding carboxylic acids is 2. The van der Waals surface area contributed by atoms with Gasteiger partial charge < -0.3 is 26.1 Å². The highest BCUT2D eigenvalue weighted by Crippen LogP contribution is 2.38. The molecule has 5 N–H and O–H groups in total. The van der Waals surface area contributed by atoms with Crippen molar-refractivity contribution in [2.45, 2.75) is 32.9 Å². The van der Waals surface area contributed by atoms with Crippen LogP contribution in [0, 0.1) is 0 Å². The molecule has 0 fully saturated rings. The quantitative estimate of drug-likeness (QED) is 0.0952. The second-order valence-corrected chi connectivity index (χ2v) is 17.1. The zero-order chi connectivity index (χ0) is 43.3. The van der Waals surface area contributed by atoms with Crippen molar-refractivity contribution < 1.29 is 39.9 Å². The molecule has 0 saturated carbocycles. The van der Waals surface area contributed by atoms with Crippen molar-refractivity contribution in [2.75, 3.05) is 22.9 Å². The van der Waals surface area contributed by atoms with Gasteiger partial charge in [0.25, 0.3) is 31.9 Å². The number of hydrogen-bond acceptors (Lipinski definition) is 12. The largest absolute Gasteiger partial charge is 0.435 e. The number of halogens is 2. The van der Waals surface area contributed by atoms with Gasteiger partial charge in [0.2, 0.25) is 5.95 Å². The molecule has 314 valence electrons. The van der Waals surface area contributed by atoms with Crippen molar-refractivity contribution >= 4 is 70.2 Å². The number of benzene rings is 4. The summed E-state index contributed by atoms with van der Waals surface area (Å²) in [7, 11) is -8.16. The van der Waals surface area contributed by atoms with Gasteiger partial charge in [-0.25, -0.2) is 35.4 Å². The van der Waals surface area contributed by atoms with Gasteiger partial charge in [0.05, 0.1) is 17.6 Å². The van der Waals surface area contributed by atoms with Crippen LogP contribution in [-0.2, 0) is 36.2 Å². The number of anilines is 3. The SMILES string of the molecule is CCCCN1C(=O)C(Nc2nc3ccccc3[nH]2)=C(c2ccccc2)S1(=O)=O.Nc1ccc(CN2C(=O)C(Nc3ccc(OC(F)F)cc3)=C(c3ccccc3)S2(=O)=O)cn1. The summed E-state index contributed by atoms with van der Waals surface area (Å²) in [5.41, 5.74) is 8.54. The Kier molecular flexibility index (Phi) is 12.1. The fourth-order valence-electron chi connectivity index (χ4n) is 6.50. The lowest BCUT2D eigenvalue weighted by molar-refractivity contribution is -0.123. The minimum absolute atomic E-state index is 0.0151. The number of nitrogen functional groups attached to an aromatic ring is 1. The number of amides is 2. The normalized spacial score (nSPS) is 15.7. The molecule has 2 aromatic heterocycles. The summed E-state index contributed by atoms with van der Waals surface area (Å²) in [6.45, 7) is -1.11. The maximum atomic E-state index is 13.4. The predicted molar refractivity (Wildman–Crippen MR) is 227 cm³/mol. The van der Waals surface area contributed by atoms with E-state index in [1.807, 2.05) is 31.2 Å². The number of imidazole rings is 1. The number of para-hydroxylation sites is 2. The molecule has 0 radical (unpaired) electrons. The van der Waals surface area contributed by atoms with E-state index in [0.717, 1.165) is 26.1 Å². The van der Waals surface area contributed by atoms with Crippen LogP contribution in [0.1, 0.15) is 36.5 Å². The first-order valence-electron chi connectivity index (χ1n) is 18.8. The molecule has 0 aliphatic carbocycles. The second-order valence-electron chi connectivity index (χ2n) is 13.5. The van der Waals surface area contributed by atoms with Crippen LogP contribution in [-0.4, -0.2) is 65.4 Å². The molecule has 8 rings (SSSR count). The maximum absolute atomic E-state index is 13.4. The molecular weight excluding hydrogens is 831 g/mol. The van der Waals surface area contributed by atoms with E-state index in [-0.39, 0.29) is 45.9 Å². The van der Waals surface area contributed by atoms with E-state index in [1.54, 1.807) is 66.7 Å². The summed E-state index contributed by atoms with van der Waals surface area (Å²) in [4.78, 5) is 37.5. The number of H-pyrrole nitrogens is 1. The number of fused-ring (bicyclic) bond motifs is 1. The molecule has 2 amide bonds. The summed E-state index contributed by atoms with van der Waals surface area (Å²) < 4.78 is 83.9. The number of carbonyl (C=O) groups is 2. The van der Waals surface area contributed by atoms with Gasteiger partial charge in [-0.2, -0.15) is 8.78 Å². The zero-order valence-corrected chi connectivity index (χ0v) is 34.0. The van der Waals surface area contributed by atoms with Crippen molar-refractivity contribution in [3.63, 3.8) is 0 Å². The lowest BCUT2D eigenvalue weighted by Crippen LogP contribution is -2.33. The monoisotopic (exact) mass is 868 g/mol. The van der Waals surface area contributed by atoms with Crippen LogP contribution in [0.5, 0.6) is 5.75 Å². The van der Waals surface area contributed by atoms with Crippen LogP contribution in [0.25, 0.3) is 20.8 Å². The summed E-state index contributed by atoms with van der Waals surface area (Å²) in [6.07, 6.45) is 2.78. The first-order valence-corrected chi connectivity index (χ1v) is 21.6. The van der Waals surface area contributed by atoms with Crippen LogP contribution >= 0.6 is 0 Å². The molecule has 2 aliphatic heterocycles. The Morgan fingerprint density at radius 3 is 1.89 bits per heavy atom. The molecule has 0 unspecified atom stereocenters. The first kappa shape index (κ1) is 42.0. The van der Waals surface area contributed by atoms with Crippen LogP contribution in [0.3, 0.4) is 0 Å². The van der Waals surface area contributed by atoms with Crippen molar-refractivity contribution in [2.24, 2.45) is 0 Å². The fourth-order valence-corrected chi connectivity index (χ4v) is 9.91. The Morgan fingerprint density at radius 1 is 0.738 bits per heavy atom. The van der Waals surface area contributed by atoms with Gasteiger partial charge in [-0.1, -0.05) is 92.2 Å². The Balaban J connectivity index is 0.000000186. The smallest absolute Gasteiger partial charge is 0.387 e. The number of pyridine rings is 1. The number of alkyl halides is 2. The third-order valence-electron chi connectivity index (χ3n) is 9.37. The number of rotatable bonds is 13. The second kappa shape index (κ2) is 17.6. The van der Waals surface area contributed by atoms with Gasteiger partial charge >= 0.3 is 6.61 Å². The number of aromatic amines is 1. The maximum Gasteiger partial charge on any atom is 0.387 e. The van der Waals surface area contributed by atoms with E-state index in [2.05, 4.69) is 30.3 Å². The van der Waals surface area contributed by atoms with Crippen molar-refractivity contribution in [1.29, 1.82) is 0 Å². The van der Waals surface area contributed by atoms with Crippen molar-refractivity contribution in [1.82, 2.24) is 23.6 Å². The van der Waals surface area contributed by atoms with Gasteiger partial charge in [0.15, 0.2) is 0 Å². The number of hydrogen-bond donors (Lipinski definition) is 4. The van der Waals surface area contributed by atoms with Gasteiger partial charge in [-0.15, -0.1) is 0 Å². The number of nitrogens with zero attached hydrogens (tertiary/aromatic N) is 4. The fraction of sp³-hybridized carbons (Fsp3) is 0.143. The van der Waals surface area contributed by atoms with E-state index in [0.29, 0.717) is 34.7 Å². The standard InChI is InChI=1S/C22H18F2N4O4S.C20H20N4O3S/c23-22(24)32-17-9-7-16(8-10-17)27-19-20(15-4-2-1-3-5-15)33(30,31)28(21(19)29)13-14-6-11-18(25)26-12-14;1-2-3-13-24-19(25)17(18(28(24,26)27)14-9-5-4-6-10-14)23-20-21-15-11-7-8-12-16(15)22-20/h1-12,22,27H,13H2,(H2,25,26);4-12H,2-3,13H2,1H3,(H2,21,22,23). The van der Waals surface area contributed by atoms with Gasteiger partial charge in [0.1, 0.15) is 32.8 Å². The van der Waals surface area contributed by atoms with E-state index in [9.17, 15) is 35.2 Å². The molecule has 4 aromatic carbocycles. The molecule has 4 heterocycles. The molecule has 61 heavy (non-hydrogen) atoms. The molecule has 0 bridgehead atoms. The highest BCUT2D eigenvalue weighted by Gasteiger charge is 2.45. The third-order valence-corrected chi connectivity index (χ3v) is 13.1. The number of unbranched alkanes of at least 4 members (excludes halogenated alkanes) is 1. The van der Waals surface area contributed by atoms with Gasteiger partial charge in [-0.05, 0) is 65.6 Å². The molecular formula is C42H38F2N8O7S2. The van der Waals surface area contributed by atoms with Crippen molar-refractivity contribution in [3.05, 3.63) is 156 Å².